The quantitative estimate of drug-likeness (QED) is 0.591. The summed E-state index contributed by atoms with van der Waals surface area (Å²) in [6, 6.07) is 0.566. The molecule has 0 bridgehead atoms. The van der Waals surface area contributed by atoms with Crippen LogP contribution in [0, 0.1) is 0 Å². The van der Waals surface area contributed by atoms with Crippen LogP contribution in [0.2, 0.25) is 0 Å². The summed E-state index contributed by atoms with van der Waals surface area (Å²) in [5.74, 6) is 0. The van der Waals surface area contributed by atoms with Gasteiger partial charge in [-0.1, -0.05) is 13.8 Å². The molecule has 0 aliphatic carbocycles. The van der Waals surface area contributed by atoms with E-state index < -0.39 is 0 Å². The Morgan fingerprint density at radius 2 is 1.80 bits per heavy atom. The molecular weight excluding hydrogens is 126 g/mol. The molecule has 0 aliphatic rings. The SMILES string of the molecule is CC(C)NCCOC(C)C. The molecule has 2 nitrogen and oxygen atoms in total. The van der Waals surface area contributed by atoms with Gasteiger partial charge in [0.1, 0.15) is 0 Å². The molecule has 0 aromatic carbocycles. The number of rotatable bonds is 5. The Labute approximate surface area is 64.0 Å². The third-order valence-electron chi connectivity index (χ3n) is 1.11. The molecule has 0 saturated carbocycles. The molecule has 1 N–H and O–H groups in total. The van der Waals surface area contributed by atoms with Gasteiger partial charge in [0, 0.05) is 12.6 Å². The zero-order valence-electron chi connectivity index (χ0n) is 7.48. The molecule has 0 radical (unpaired) electrons. The Morgan fingerprint density at radius 1 is 1.20 bits per heavy atom. The van der Waals surface area contributed by atoms with Crippen LogP contribution < -0.4 is 5.32 Å². The van der Waals surface area contributed by atoms with Crippen LogP contribution in [0.3, 0.4) is 0 Å². The lowest BCUT2D eigenvalue weighted by Crippen LogP contribution is -2.27. The van der Waals surface area contributed by atoms with E-state index in [4.69, 9.17) is 4.74 Å². The van der Waals surface area contributed by atoms with Crippen molar-refractivity contribution in [3.8, 4) is 0 Å². The maximum absolute atomic E-state index is 5.33. The summed E-state index contributed by atoms with van der Waals surface area (Å²) in [6.45, 7) is 10.1. The third kappa shape index (κ3) is 7.92. The second-order valence-corrected chi connectivity index (χ2v) is 3.03. The monoisotopic (exact) mass is 145 g/mol. The van der Waals surface area contributed by atoms with E-state index >= 15 is 0 Å². The van der Waals surface area contributed by atoms with Crippen LogP contribution in [0.15, 0.2) is 0 Å². The van der Waals surface area contributed by atoms with Gasteiger partial charge in [-0.2, -0.15) is 0 Å². The van der Waals surface area contributed by atoms with Crippen LogP contribution in [0.25, 0.3) is 0 Å². The van der Waals surface area contributed by atoms with E-state index in [1.807, 2.05) is 0 Å². The minimum Gasteiger partial charge on any atom is -0.377 e. The highest BCUT2D eigenvalue weighted by Crippen LogP contribution is 1.85. The third-order valence-corrected chi connectivity index (χ3v) is 1.11. The van der Waals surface area contributed by atoms with Crippen molar-refractivity contribution in [3.05, 3.63) is 0 Å². The van der Waals surface area contributed by atoms with Crippen molar-refractivity contribution in [2.24, 2.45) is 0 Å². The smallest absolute Gasteiger partial charge is 0.0594 e. The fourth-order valence-corrected chi connectivity index (χ4v) is 0.642. The van der Waals surface area contributed by atoms with Crippen LogP contribution >= 0.6 is 0 Å². The van der Waals surface area contributed by atoms with Crippen LogP contribution in [-0.4, -0.2) is 25.3 Å². The van der Waals surface area contributed by atoms with Crippen molar-refractivity contribution < 1.29 is 4.74 Å². The standard InChI is InChI=1S/C8H19NO/c1-7(2)9-5-6-10-8(3)4/h7-9H,5-6H2,1-4H3. The Bertz CT molecular complexity index is 61.7. The molecule has 0 aromatic rings. The summed E-state index contributed by atoms with van der Waals surface area (Å²) in [6.07, 6.45) is 0.356. The molecule has 0 aliphatic heterocycles. The molecule has 0 fully saturated rings. The first-order valence-electron chi connectivity index (χ1n) is 3.98. The predicted molar refractivity (Wildman–Crippen MR) is 44.2 cm³/mol. The predicted octanol–water partition coefficient (Wildman–Crippen LogP) is 1.41. The number of nitrogens with one attached hydrogen (secondary N) is 1. The Morgan fingerprint density at radius 3 is 2.20 bits per heavy atom. The molecule has 2 heteroatoms. The fraction of sp³-hybridized carbons (Fsp3) is 1.00. The minimum atomic E-state index is 0.356. The van der Waals surface area contributed by atoms with Gasteiger partial charge in [-0.05, 0) is 13.8 Å². The van der Waals surface area contributed by atoms with E-state index in [9.17, 15) is 0 Å². The molecule has 0 amide bonds. The van der Waals surface area contributed by atoms with Crippen molar-refractivity contribution in [1.82, 2.24) is 5.32 Å². The summed E-state index contributed by atoms with van der Waals surface area (Å²) in [5.41, 5.74) is 0. The number of ether oxygens (including phenoxy) is 1. The van der Waals surface area contributed by atoms with E-state index in [-0.39, 0.29) is 0 Å². The maximum atomic E-state index is 5.33. The van der Waals surface area contributed by atoms with Crippen molar-refractivity contribution in [3.63, 3.8) is 0 Å². The maximum Gasteiger partial charge on any atom is 0.0594 e. The summed E-state index contributed by atoms with van der Waals surface area (Å²) in [7, 11) is 0. The van der Waals surface area contributed by atoms with Crippen molar-refractivity contribution in [2.75, 3.05) is 13.2 Å². The lowest BCUT2D eigenvalue weighted by molar-refractivity contribution is 0.0799. The van der Waals surface area contributed by atoms with Gasteiger partial charge in [0.05, 0.1) is 12.7 Å². The molecule has 10 heavy (non-hydrogen) atoms. The van der Waals surface area contributed by atoms with Gasteiger partial charge in [0.25, 0.3) is 0 Å². The number of hydrogen-bond donors (Lipinski definition) is 1. The molecular formula is C8H19NO. The van der Waals surface area contributed by atoms with E-state index in [1.54, 1.807) is 0 Å². The molecule has 0 heterocycles. The number of hydrogen-bond acceptors (Lipinski definition) is 2. The van der Waals surface area contributed by atoms with Gasteiger partial charge in [-0.15, -0.1) is 0 Å². The molecule has 0 unspecified atom stereocenters. The summed E-state index contributed by atoms with van der Waals surface area (Å²) in [4.78, 5) is 0. The fourth-order valence-electron chi connectivity index (χ4n) is 0.642. The lowest BCUT2D eigenvalue weighted by atomic mass is 10.4. The highest BCUT2D eigenvalue weighted by Gasteiger charge is 1.93. The Kier molecular flexibility index (Phi) is 5.64. The van der Waals surface area contributed by atoms with Crippen molar-refractivity contribution in [1.29, 1.82) is 0 Å². The normalized spacial score (nSPS) is 11.4. The van der Waals surface area contributed by atoms with E-state index in [0.717, 1.165) is 13.2 Å². The lowest BCUT2D eigenvalue weighted by Gasteiger charge is -2.10. The van der Waals surface area contributed by atoms with Crippen LogP contribution in [0.4, 0.5) is 0 Å². The summed E-state index contributed by atoms with van der Waals surface area (Å²) < 4.78 is 5.33. The Balaban J connectivity index is 2.91. The van der Waals surface area contributed by atoms with Gasteiger partial charge in [-0.3, -0.25) is 0 Å². The van der Waals surface area contributed by atoms with E-state index in [2.05, 4.69) is 33.0 Å². The first-order chi connectivity index (χ1) is 4.63. The largest absolute Gasteiger partial charge is 0.377 e. The molecule has 0 rings (SSSR count). The molecule has 0 aromatic heterocycles. The molecule has 62 valence electrons. The van der Waals surface area contributed by atoms with E-state index in [0.29, 0.717) is 12.1 Å². The van der Waals surface area contributed by atoms with Crippen LogP contribution in [0.5, 0.6) is 0 Å². The average Bonchev–Trinajstić information content (AvgIpc) is 1.79. The zero-order chi connectivity index (χ0) is 7.98. The zero-order valence-corrected chi connectivity index (χ0v) is 7.48. The van der Waals surface area contributed by atoms with Gasteiger partial charge >= 0.3 is 0 Å². The highest BCUT2D eigenvalue weighted by molar-refractivity contribution is 4.51. The summed E-state index contributed by atoms with van der Waals surface area (Å²) >= 11 is 0. The molecule has 0 spiro atoms. The Hall–Kier alpha value is -0.0800. The summed E-state index contributed by atoms with van der Waals surface area (Å²) in [5, 5.41) is 3.28. The average molecular weight is 145 g/mol. The molecule has 0 atom stereocenters. The first kappa shape index (κ1) is 9.92. The second-order valence-electron chi connectivity index (χ2n) is 3.03. The topological polar surface area (TPSA) is 21.3 Å². The van der Waals surface area contributed by atoms with Gasteiger partial charge < -0.3 is 10.1 Å². The van der Waals surface area contributed by atoms with Gasteiger partial charge in [0.2, 0.25) is 0 Å². The van der Waals surface area contributed by atoms with Gasteiger partial charge in [0.15, 0.2) is 0 Å². The van der Waals surface area contributed by atoms with Crippen LogP contribution in [0.1, 0.15) is 27.7 Å². The first-order valence-corrected chi connectivity index (χ1v) is 3.98. The van der Waals surface area contributed by atoms with E-state index in [1.165, 1.54) is 0 Å². The van der Waals surface area contributed by atoms with Crippen molar-refractivity contribution in [2.45, 2.75) is 39.8 Å². The highest BCUT2D eigenvalue weighted by atomic mass is 16.5. The minimum absolute atomic E-state index is 0.356. The second kappa shape index (κ2) is 5.69. The molecule has 0 saturated heterocycles. The van der Waals surface area contributed by atoms with Crippen LogP contribution in [-0.2, 0) is 4.74 Å². The van der Waals surface area contributed by atoms with Gasteiger partial charge in [-0.25, -0.2) is 0 Å². The van der Waals surface area contributed by atoms with Crippen molar-refractivity contribution >= 4 is 0 Å².